The molecule has 0 amide bonds. The van der Waals surface area contributed by atoms with Crippen molar-refractivity contribution < 1.29 is 19.4 Å². The third-order valence-electron chi connectivity index (χ3n) is 2.62. The largest absolute Gasteiger partial charge is 0.505 e. The summed E-state index contributed by atoms with van der Waals surface area (Å²) in [5, 5.41) is 21.0. The molecule has 0 aromatic heterocycles. The summed E-state index contributed by atoms with van der Waals surface area (Å²) in [7, 11) is 0. The van der Waals surface area contributed by atoms with Crippen LogP contribution >= 0.6 is 0 Å². The number of aromatic hydroxyl groups is 1. The van der Waals surface area contributed by atoms with Crippen LogP contribution in [0, 0.1) is 5.82 Å². The second-order valence-corrected chi connectivity index (χ2v) is 3.96. The molecular weight excluding hydrogens is 225 g/mol. The van der Waals surface area contributed by atoms with Gasteiger partial charge in [-0.15, -0.1) is 0 Å². The van der Waals surface area contributed by atoms with Crippen molar-refractivity contribution >= 4 is 5.97 Å². The minimum atomic E-state index is -1.07. The standard InChI is InChI=1S/C12H16FNO3/c1-3-7(2)14-11(12(16)17)8-4-5-10(15)9(13)6-8/h4-7,11,14-15H,3H2,1-2H3,(H,16,17). The summed E-state index contributed by atoms with van der Waals surface area (Å²) in [4.78, 5) is 11.1. The molecule has 2 atom stereocenters. The van der Waals surface area contributed by atoms with Gasteiger partial charge in [-0.1, -0.05) is 13.0 Å². The number of carbonyl (C=O) groups is 1. The molecule has 1 aromatic rings. The van der Waals surface area contributed by atoms with Crippen molar-refractivity contribution in [1.82, 2.24) is 5.32 Å². The average Bonchev–Trinajstić information content (AvgIpc) is 2.29. The quantitative estimate of drug-likeness (QED) is 0.738. The summed E-state index contributed by atoms with van der Waals surface area (Å²) in [5.74, 6) is -2.38. The van der Waals surface area contributed by atoms with Crippen molar-refractivity contribution in [2.45, 2.75) is 32.4 Å². The zero-order valence-corrected chi connectivity index (χ0v) is 9.77. The van der Waals surface area contributed by atoms with Crippen LogP contribution in [0.5, 0.6) is 5.75 Å². The maximum absolute atomic E-state index is 13.2. The summed E-state index contributed by atoms with van der Waals surface area (Å²) in [6.45, 7) is 3.78. The molecule has 1 aromatic carbocycles. The lowest BCUT2D eigenvalue weighted by Gasteiger charge is -2.19. The molecule has 1 rings (SSSR count). The maximum atomic E-state index is 13.2. The molecule has 94 valence electrons. The smallest absolute Gasteiger partial charge is 0.325 e. The SMILES string of the molecule is CCC(C)NC(C(=O)O)c1ccc(O)c(F)c1. The van der Waals surface area contributed by atoms with Gasteiger partial charge in [-0.2, -0.15) is 0 Å². The van der Waals surface area contributed by atoms with Crippen LogP contribution in [-0.4, -0.2) is 22.2 Å². The molecule has 0 saturated carbocycles. The van der Waals surface area contributed by atoms with Gasteiger partial charge in [0.25, 0.3) is 0 Å². The number of hydrogen-bond acceptors (Lipinski definition) is 3. The van der Waals surface area contributed by atoms with Crippen LogP contribution in [0.2, 0.25) is 0 Å². The monoisotopic (exact) mass is 241 g/mol. The molecular formula is C12H16FNO3. The van der Waals surface area contributed by atoms with Crippen molar-refractivity contribution in [3.63, 3.8) is 0 Å². The normalized spacial score (nSPS) is 14.3. The number of phenolic OH excluding ortho intramolecular Hbond substituents is 1. The van der Waals surface area contributed by atoms with Gasteiger partial charge >= 0.3 is 5.97 Å². The van der Waals surface area contributed by atoms with E-state index in [2.05, 4.69) is 5.32 Å². The van der Waals surface area contributed by atoms with Crippen LogP contribution < -0.4 is 5.32 Å². The summed E-state index contributed by atoms with van der Waals surface area (Å²) in [6.07, 6.45) is 0.768. The number of rotatable bonds is 5. The van der Waals surface area contributed by atoms with Gasteiger partial charge in [0.15, 0.2) is 11.6 Å². The summed E-state index contributed by atoms with van der Waals surface area (Å²) >= 11 is 0. The molecule has 17 heavy (non-hydrogen) atoms. The van der Waals surface area contributed by atoms with Gasteiger partial charge in [0.05, 0.1) is 0 Å². The van der Waals surface area contributed by atoms with E-state index in [9.17, 15) is 9.18 Å². The fourth-order valence-corrected chi connectivity index (χ4v) is 1.42. The molecule has 0 aliphatic carbocycles. The van der Waals surface area contributed by atoms with E-state index >= 15 is 0 Å². The van der Waals surface area contributed by atoms with Crippen LogP contribution in [0.3, 0.4) is 0 Å². The van der Waals surface area contributed by atoms with E-state index < -0.39 is 23.6 Å². The molecule has 0 radical (unpaired) electrons. The summed E-state index contributed by atoms with van der Waals surface area (Å²) in [5.41, 5.74) is 0.285. The first-order valence-electron chi connectivity index (χ1n) is 5.43. The van der Waals surface area contributed by atoms with Crippen molar-refractivity contribution in [1.29, 1.82) is 0 Å². The van der Waals surface area contributed by atoms with Crippen LogP contribution in [0.4, 0.5) is 4.39 Å². The number of hydrogen-bond donors (Lipinski definition) is 3. The molecule has 4 nitrogen and oxygen atoms in total. The third kappa shape index (κ3) is 3.42. The van der Waals surface area contributed by atoms with E-state index in [1.807, 2.05) is 13.8 Å². The second kappa shape index (κ2) is 5.63. The van der Waals surface area contributed by atoms with E-state index in [0.29, 0.717) is 0 Å². The lowest BCUT2D eigenvalue weighted by Crippen LogP contribution is -2.35. The van der Waals surface area contributed by atoms with E-state index in [0.717, 1.165) is 18.6 Å². The molecule has 2 unspecified atom stereocenters. The molecule has 3 N–H and O–H groups in total. The Hall–Kier alpha value is -1.62. The van der Waals surface area contributed by atoms with Gasteiger partial charge in [0.2, 0.25) is 0 Å². The van der Waals surface area contributed by atoms with Gasteiger partial charge in [-0.25, -0.2) is 4.39 Å². The summed E-state index contributed by atoms with van der Waals surface area (Å²) < 4.78 is 13.2. The highest BCUT2D eigenvalue weighted by molar-refractivity contribution is 5.75. The van der Waals surface area contributed by atoms with Gasteiger partial charge in [0.1, 0.15) is 6.04 Å². The number of halogens is 1. The first-order chi connectivity index (χ1) is 7.95. The van der Waals surface area contributed by atoms with Crippen LogP contribution in [0.25, 0.3) is 0 Å². The van der Waals surface area contributed by atoms with Crippen molar-refractivity contribution in [3.05, 3.63) is 29.6 Å². The van der Waals surface area contributed by atoms with Crippen LogP contribution in [0.1, 0.15) is 31.9 Å². The molecule has 0 heterocycles. The zero-order chi connectivity index (χ0) is 13.0. The third-order valence-corrected chi connectivity index (χ3v) is 2.62. The van der Waals surface area contributed by atoms with Gasteiger partial charge in [0, 0.05) is 6.04 Å². The Kier molecular flexibility index (Phi) is 4.45. The molecule has 0 saturated heterocycles. The van der Waals surface area contributed by atoms with Gasteiger partial charge in [-0.05, 0) is 31.0 Å². The molecule has 5 heteroatoms. The number of phenols is 1. The van der Waals surface area contributed by atoms with E-state index in [4.69, 9.17) is 10.2 Å². The predicted molar refractivity (Wildman–Crippen MR) is 61.3 cm³/mol. The topological polar surface area (TPSA) is 69.6 Å². The highest BCUT2D eigenvalue weighted by Crippen LogP contribution is 2.21. The Labute approximate surface area is 99.1 Å². The minimum Gasteiger partial charge on any atom is -0.505 e. The zero-order valence-electron chi connectivity index (χ0n) is 9.77. The Morgan fingerprint density at radius 2 is 2.18 bits per heavy atom. The molecule has 0 fully saturated rings. The fraction of sp³-hybridized carbons (Fsp3) is 0.417. The van der Waals surface area contributed by atoms with Crippen LogP contribution in [0.15, 0.2) is 18.2 Å². The predicted octanol–water partition coefficient (Wildman–Crippen LogP) is 2.05. The first-order valence-corrected chi connectivity index (χ1v) is 5.43. The van der Waals surface area contributed by atoms with Gasteiger partial charge in [-0.3, -0.25) is 10.1 Å². The number of nitrogens with one attached hydrogen (secondary N) is 1. The molecule has 0 spiro atoms. The van der Waals surface area contributed by atoms with Crippen molar-refractivity contribution in [2.75, 3.05) is 0 Å². The van der Waals surface area contributed by atoms with E-state index in [1.54, 1.807) is 0 Å². The minimum absolute atomic E-state index is 0.00737. The highest BCUT2D eigenvalue weighted by atomic mass is 19.1. The van der Waals surface area contributed by atoms with Crippen LogP contribution in [-0.2, 0) is 4.79 Å². The first kappa shape index (κ1) is 13.4. The molecule has 0 aliphatic rings. The number of carboxylic acid groups (broad SMARTS) is 1. The lowest BCUT2D eigenvalue weighted by molar-refractivity contribution is -0.139. The highest BCUT2D eigenvalue weighted by Gasteiger charge is 2.22. The van der Waals surface area contributed by atoms with Crippen molar-refractivity contribution in [2.24, 2.45) is 0 Å². The lowest BCUT2D eigenvalue weighted by atomic mass is 10.1. The van der Waals surface area contributed by atoms with Gasteiger partial charge < -0.3 is 10.2 Å². The summed E-state index contributed by atoms with van der Waals surface area (Å²) in [6, 6.07) is 2.61. The molecule has 0 aliphatic heterocycles. The number of benzene rings is 1. The Balaban J connectivity index is 2.97. The fourth-order valence-electron chi connectivity index (χ4n) is 1.42. The van der Waals surface area contributed by atoms with Crippen molar-refractivity contribution in [3.8, 4) is 5.75 Å². The second-order valence-electron chi connectivity index (χ2n) is 3.96. The average molecular weight is 241 g/mol. The Bertz CT molecular complexity index is 409. The number of carboxylic acids is 1. The van der Waals surface area contributed by atoms with E-state index in [1.165, 1.54) is 6.07 Å². The maximum Gasteiger partial charge on any atom is 0.325 e. The molecule has 0 bridgehead atoms. The Morgan fingerprint density at radius 3 is 2.65 bits per heavy atom. The number of aliphatic carboxylic acids is 1. The Morgan fingerprint density at radius 1 is 1.53 bits per heavy atom. The van der Waals surface area contributed by atoms with E-state index in [-0.39, 0.29) is 11.6 Å².